The highest BCUT2D eigenvalue weighted by atomic mass is 79.9. The number of alkyl carbamates (subject to hydrolysis) is 1. The molecule has 1 aliphatic heterocycles. The highest BCUT2D eigenvalue weighted by Gasteiger charge is 2.18. The molecule has 0 unspecified atom stereocenters. The zero-order chi connectivity index (χ0) is 10.7. The van der Waals surface area contributed by atoms with Gasteiger partial charge in [0.2, 0.25) is 0 Å². The molecular weight excluding hydrogens is 258 g/mol. The van der Waals surface area contributed by atoms with E-state index in [0.29, 0.717) is 19.1 Å². The number of ether oxygens (including phenoxy) is 1. The number of benzene rings is 1. The van der Waals surface area contributed by atoms with Gasteiger partial charge in [-0.3, -0.25) is 0 Å². The first kappa shape index (κ1) is 10.5. The Labute approximate surface area is 96.9 Å². The fraction of sp³-hybridized carbons (Fsp3) is 0.364. The average Bonchev–Trinajstić information content (AvgIpc) is 2.25. The second kappa shape index (κ2) is 4.66. The van der Waals surface area contributed by atoms with E-state index in [9.17, 15) is 4.79 Å². The molecule has 1 heterocycles. The molecule has 1 saturated heterocycles. The highest BCUT2D eigenvalue weighted by molar-refractivity contribution is 9.10. The first-order valence-electron chi connectivity index (χ1n) is 4.89. The molecule has 15 heavy (non-hydrogen) atoms. The smallest absolute Gasteiger partial charge is 0.407 e. The number of halogens is 1. The lowest BCUT2D eigenvalue weighted by atomic mass is 9.99. The third kappa shape index (κ3) is 2.96. The van der Waals surface area contributed by atoms with Gasteiger partial charge in [-0.2, -0.15) is 0 Å². The lowest BCUT2D eigenvalue weighted by Crippen LogP contribution is -2.39. The van der Waals surface area contributed by atoms with Gasteiger partial charge in [-0.1, -0.05) is 28.1 Å². The van der Waals surface area contributed by atoms with E-state index in [1.165, 1.54) is 5.56 Å². The van der Waals surface area contributed by atoms with Crippen LogP contribution in [0.25, 0.3) is 0 Å². The van der Waals surface area contributed by atoms with Crippen LogP contribution in [0.3, 0.4) is 0 Å². The van der Waals surface area contributed by atoms with E-state index in [4.69, 9.17) is 4.74 Å². The Kier molecular flexibility index (Phi) is 3.26. The number of carbonyl (C=O) groups excluding carboxylic acids is 1. The standard InChI is InChI=1S/C11H12BrNO2/c12-10-3-1-8(2-4-10)5-9-6-13-11(14)15-7-9/h1-4,9H,5-7H2,(H,13,14)/t9-/m1/s1. The minimum atomic E-state index is -0.304. The predicted octanol–water partition coefficient (Wildman–Crippen LogP) is 2.35. The second-order valence-electron chi connectivity index (χ2n) is 3.68. The van der Waals surface area contributed by atoms with E-state index < -0.39 is 0 Å². The second-order valence-corrected chi connectivity index (χ2v) is 4.59. The van der Waals surface area contributed by atoms with E-state index >= 15 is 0 Å². The van der Waals surface area contributed by atoms with Crippen LogP contribution in [-0.2, 0) is 11.2 Å². The molecule has 1 N–H and O–H groups in total. The molecular formula is C11H12BrNO2. The molecule has 3 nitrogen and oxygen atoms in total. The number of carbonyl (C=O) groups is 1. The first-order valence-corrected chi connectivity index (χ1v) is 5.68. The Morgan fingerprint density at radius 1 is 1.40 bits per heavy atom. The molecule has 0 bridgehead atoms. The lowest BCUT2D eigenvalue weighted by Gasteiger charge is -2.22. The van der Waals surface area contributed by atoms with E-state index in [0.717, 1.165) is 10.9 Å². The fourth-order valence-electron chi connectivity index (χ4n) is 1.62. The molecule has 1 aromatic carbocycles. The molecule has 0 aliphatic carbocycles. The molecule has 0 radical (unpaired) electrons. The largest absolute Gasteiger partial charge is 0.449 e. The van der Waals surface area contributed by atoms with Crippen LogP contribution in [0.15, 0.2) is 28.7 Å². The zero-order valence-electron chi connectivity index (χ0n) is 8.20. The van der Waals surface area contributed by atoms with Crippen LogP contribution in [-0.4, -0.2) is 19.2 Å². The highest BCUT2D eigenvalue weighted by Crippen LogP contribution is 2.15. The summed E-state index contributed by atoms with van der Waals surface area (Å²) >= 11 is 3.40. The summed E-state index contributed by atoms with van der Waals surface area (Å²) in [6.45, 7) is 1.22. The molecule has 2 rings (SSSR count). The van der Waals surface area contributed by atoms with Gasteiger partial charge in [-0.05, 0) is 24.1 Å². The van der Waals surface area contributed by atoms with Crippen molar-refractivity contribution in [1.82, 2.24) is 5.32 Å². The molecule has 1 aliphatic rings. The van der Waals surface area contributed by atoms with Crippen molar-refractivity contribution in [3.05, 3.63) is 34.3 Å². The molecule has 0 aromatic heterocycles. The fourth-order valence-corrected chi connectivity index (χ4v) is 1.88. The normalized spacial score (nSPS) is 20.6. The monoisotopic (exact) mass is 269 g/mol. The summed E-state index contributed by atoms with van der Waals surface area (Å²) < 4.78 is 6.01. The lowest BCUT2D eigenvalue weighted by molar-refractivity contribution is 0.103. The van der Waals surface area contributed by atoms with Crippen molar-refractivity contribution in [3.63, 3.8) is 0 Å². The quantitative estimate of drug-likeness (QED) is 0.895. The van der Waals surface area contributed by atoms with Crippen LogP contribution in [0.4, 0.5) is 4.79 Å². The van der Waals surface area contributed by atoms with Crippen LogP contribution >= 0.6 is 15.9 Å². The van der Waals surface area contributed by atoms with Gasteiger partial charge in [0.1, 0.15) is 0 Å². The van der Waals surface area contributed by atoms with Crippen LogP contribution < -0.4 is 5.32 Å². The Balaban J connectivity index is 1.91. The predicted molar refractivity (Wildman–Crippen MR) is 60.7 cm³/mol. The molecule has 1 amide bonds. The maximum Gasteiger partial charge on any atom is 0.407 e. The van der Waals surface area contributed by atoms with Crippen LogP contribution in [0.5, 0.6) is 0 Å². The van der Waals surface area contributed by atoms with Gasteiger partial charge in [-0.15, -0.1) is 0 Å². The molecule has 1 fully saturated rings. The third-order valence-electron chi connectivity index (χ3n) is 2.42. The minimum absolute atomic E-state index is 0.304. The Morgan fingerprint density at radius 2 is 2.13 bits per heavy atom. The van der Waals surface area contributed by atoms with Crippen LogP contribution in [0, 0.1) is 5.92 Å². The first-order chi connectivity index (χ1) is 7.24. The topological polar surface area (TPSA) is 38.3 Å². The third-order valence-corrected chi connectivity index (χ3v) is 2.95. The van der Waals surface area contributed by atoms with E-state index in [2.05, 4.69) is 33.4 Å². The summed E-state index contributed by atoms with van der Waals surface area (Å²) in [6, 6.07) is 8.22. The Hall–Kier alpha value is -1.03. The number of hydrogen-bond acceptors (Lipinski definition) is 2. The zero-order valence-corrected chi connectivity index (χ0v) is 9.79. The summed E-state index contributed by atoms with van der Waals surface area (Å²) in [7, 11) is 0. The van der Waals surface area contributed by atoms with Crippen molar-refractivity contribution in [1.29, 1.82) is 0 Å². The number of rotatable bonds is 2. The van der Waals surface area contributed by atoms with Crippen molar-refractivity contribution >= 4 is 22.0 Å². The summed E-state index contributed by atoms with van der Waals surface area (Å²) in [6.07, 6.45) is 0.634. The SMILES string of the molecule is O=C1NC[C@@H](Cc2ccc(Br)cc2)CO1. The molecule has 0 saturated carbocycles. The number of nitrogens with one attached hydrogen (secondary N) is 1. The van der Waals surface area contributed by atoms with Crippen LogP contribution in [0.2, 0.25) is 0 Å². The van der Waals surface area contributed by atoms with Crippen LogP contribution in [0.1, 0.15) is 5.56 Å². The maximum absolute atomic E-state index is 10.8. The van der Waals surface area contributed by atoms with E-state index in [1.54, 1.807) is 0 Å². The van der Waals surface area contributed by atoms with E-state index in [-0.39, 0.29) is 6.09 Å². The molecule has 80 valence electrons. The van der Waals surface area contributed by atoms with E-state index in [1.807, 2.05) is 12.1 Å². The van der Waals surface area contributed by atoms with Gasteiger partial charge in [0.25, 0.3) is 0 Å². The Morgan fingerprint density at radius 3 is 2.73 bits per heavy atom. The average molecular weight is 270 g/mol. The molecule has 4 heteroatoms. The summed E-state index contributed by atoms with van der Waals surface area (Å²) in [5, 5.41) is 2.69. The van der Waals surface area contributed by atoms with Gasteiger partial charge < -0.3 is 10.1 Å². The van der Waals surface area contributed by atoms with Gasteiger partial charge in [0, 0.05) is 16.9 Å². The van der Waals surface area contributed by atoms with Gasteiger partial charge in [-0.25, -0.2) is 4.79 Å². The van der Waals surface area contributed by atoms with Crippen molar-refractivity contribution in [2.45, 2.75) is 6.42 Å². The summed E-state index contributed by atoms with van der Waals surface area (Å²) in [4.78, 5) is 10.8. The molecule has 1 atom stereocenters. The van der Waals surface area contributed by atoms with Crippen molar-refractivity contribution in [3.8, 4) is 0 Å². The van der Waals surface area contributed by atoms with Gasteiger partial charge in [0.15, 0.2) is 0 Å². The number of cyclic esters (lactones) is 1. The summed E-state index contributed by atoms with van der Waals surface area (Å²) in [5.74, 6) is 0.379. The van der Waals surface area contributed by atoms with Crippen molar-refractivity contribution in [2.75, 3.05) is 13.2 Å². The Bertz CT molecular complexity index is 340. The number of amides is 1. The molecule has 0 spiro atoms. The van der Waals surface area contributed by atoms with Crippen molar-refractivity contribution in [2.24, 2.45) is 5.92 Å². The van der Waals surface area contributed by atoms with Gasteiger partial charge in [0.05, 0.1) is 6.61 Å². The number of hydrogen-bond donors (Lipinski definition) is 1. The summed E-state index contributed by atoms with van der Waals surface area (Å²) in [5.41, 5.74) is 1.27. The van der Waals surface area contributed by atoms with Crippen molar-refractivity contribution < 1.29 is 9.53 Å². The van der Waals surface area contributed by atoms with Gasteiger partial charge >= 0.3 is 6.09 Å². The minimum Gasteiger partial charge on any atom is -0.449 e. The maximum atomic E-state index is 10.8. The molecule has 1 aromatic rings.